The van der Waals surface area contributed by atoms with Gasteiger partial charge in [0.05, 0.1) is 0 Å². The minimum atomic E-state index is 0.812. The zero-order valence-corrected chi connectivity index (χ0v) is 12.0. The molecule has 2 nitrogen and oxygen atoms in total. The maximum atomic E-state index is 5.50. The molecule has 1 rings (SSSR count). The first kappa shape index (κ1) is 15.2. The van der Waals surface area contributed by atoms with Crippen molar-refractivity contribution in [3.8, 4) is 0 Å². The van der Waals surface area contributed by atoms with Gasteiger partial charge in [-0.15, -0.1) is 0 Å². The molecule has 0 aliphatic rings. The van der Waals surface area contributed by atoms with E-state index >= 15 is 0 Å². The average Bonchev–Trinajstić information content (AvgIpc) is 2.39. The van der Waals surface area contributed by atoms with Crippen LogP contribution in [0.1, 0.15) is 37.3 Å². The highest BCUT2D eigenvalue weighted by atomic mass is 15.1. The Kier molecular flexibility index (Phi) is 7.70. The predicted octanol–water partition coefficient (Wildman–Crippen LogP) is 2.85. The molecule has 0 aromatic heterocycles. The van der Waals surface area contributed by atoms with Crippen LogP contribution in [0.2, 0.25) is 0 Å². The van der Waals surface area contributed by atoms with Crippen LogP contribution in [-0.4, -0.2) is 31.6 Å². The smallest absolute Gasteiger partial charge is 0.00188 e. The highest BCUT2D eigenvalue weighted by molar-refractivity contribution is 5.22. The molecule has 0 radical (unpaired) electrons. The Hall–Kier alpha value is -0.860. The fourth-order valence-corrected chi connectivity index (χ4v) is 2.12. The fraction of sp³-hybridized carbons (Fsp3) is 0.625. The molecule has 0 unspecified atom stereocenters. The molecule has 18 heavy (non-hydrogen) atoms. The Morgan fingerprint density at radius 3 is 2.11 bits per heavy atom. The summed E-state index contributed by atoms with van der Waals surface area (Å²) in [4.78, 5) is 2.40. The lowest BCUT2D eigenvalue weighted by Gasteiger charge is -2.16. The van der Waals surface area contributed by atoms with Crippen LogP contribution >= 0.6 is 0 Å². The molecule has 0 heterocycles. The molecule has 102 valence electrons. The third-order valence-corrected chi connectivity index (χ3v) is 3.34. The van der Waals surface area contributed by atoms with Crippen molar-refractivity contribution in [2.75, 3.05) is 26.7 Å². The van der Waals surface area contributed by atoms with Crippen molar-refractivity contribution in [3.63, 3.8) is 0 Å². The second-order valence-corrected chi connectivity index (χ2v) is 5.12. The molecule has 0 atom stereocenters. The number of rotatable bonds is 9. The number of benzene rings is 1. The molecule has 0 bridgehead atoms. The van der Waals surface area contributed by atoms with Crippen LogP contribution in [0, 0.1) is 0 Å². The van der Waals surface area contributed by atoms with Gasteiger partial charge in [-0.25, -0.2) is 0 Å². The van der Waals surface area contributed by atoms with Gasteiger partial charge in [0.25, 0.3) is 0 Å². The van der Waals surface area contributed by atoms with Crippen LogP contribution in [0.25, 0.3) is 0 Å². The lowest BCUT2D eigenvalue weighted by molar-refractivity contribution is 0.331. The van der Waals surface area contributed by atoms with E-state index in [9.17, 15) is 0 Å². The standard InChI is InChI=1S/C16H28N2/c1-3-6-15-7-9-16(10-8-15)11-14-18(2)13-5-4-12-17/h7-10H,3-6,11-14,17H2,1-2H3. The zero-order valence-electron chi connectivity index (χ0n) is 12.0. The summed E-state index contributed by atoms with van der Waals surface area (Å²) in [6, 6.07) is 9.10. The van der Waals surface area contributed by atoms with E-state index in [0.29, 0.717) is 0 Å². The van der Waals surface area contributed by atoms with E-state index < -0.39 is 0 Å². The quantitative estimate of drug-likeness (QED) is 0.681. The summed E-state index contributed by atoms with van der Waals surface area (Å²) in [5, 5.41) is 0. The maximum absolute atomic E-state index is 5.50. The molecule has 0 saturated carbocycles. The summed E-state index contributed by atoms with van der Waals surface area (Å²) in [6.07, 6.45) is 5.91. The number of hydrogen-bond acceptors (Lipinski definition) is 2. The van der Waals surface area contributed by atoms with Gasteiger partial charge < -0.3 is 10.6 Å². The van der Waals surface area contributed by atoms with Crippen molar-refractivity contribution in [1.82, 2.24) is 4.90 Å². The van der Waals surface area contributed by atoms with Crippen LogP contribution in [0.15, 0.2) is 24.3 Å². The largest absolute Gasteiger partial charge is 0.330 e. The number of nitrogens with zero attached hydrogens (tertiary/aromatic N) is 1. The minimum Gasteiger partial charge on any atom is -0.330 e. The third kappa shape index (κ3) is 6.18. The van der Waals surface area contributed by atoms with Gasteiger partial charge in [0.1, 0.15) is 0 Å². The van der Waals surface area contributed by atoms with Crippen LogP contribution in [-0.2, 0) is 12.8 Å². The van der Waals surface area contributed by atoms with E-state index in [1.165, 1.54) is 30.4 Å². The first-order chi connectivity index (χ1) is 8.76. The second-order valence-electron chi connectivity index (χ2n) is 5.12. The molecular formula is C16H28N2. The minimum absolute atomic E-state index is 0.812. The van der Waals surface area contributed by atoms with Gasteiger partial charge in [-0.2, -0.15) is 0 Å². The Morgan fingerprint density at radius 2 is 1.56 bits per heavy atom. The average molecular weight is 248 g/mol. The maximum Gasteiger partial charge on any atom is 0.00188 e. The van der Waals surface area contributed by atoms with Crippen molar-refractivity contribution in [2.45, 2.75) is 39.0 Å². The summed E-state index contributed by atoms with van der Waals surface area (Å²) in [5.41, 5.74) is 8.40. The molecule has 0 aliphatic heterocycles. The van der Waals surface area contributed by atoms with Crippen molar-refractivity contribution in [1.29, 1.82) is 0 Å². The molecule has 2 N–H and O–H groups in total. The number of likely N-dealkylation sites (N-methyl/N-ethyl adjacent to an activating group) is 1. The van der Waals surface area contributed by atoms with Gasteiger partial charge in [-0.1, -0.05) is 37.6 Å². The van der Waals surface area contributed by atoms with E-state index in [1.54, 1.807) is 0 Å². The third-order valence-electron chi connectivity index (χ3n) is 3.34. The predicted molar refractivity (Wildman–Crippen MR) is 79.9 cm³/mol. The van der Waals surface area contributed by atoms with Crippen molar-refractivity contribution >= 4 is 0 Å². The lowest BCUT2D eigenvalue weighted by atomic mass is 10.1. The summed E-state index contributed by atoms with van der Waals surface area (Å²) >= 11 is 0. The Morgan fingerprint density at radius 1 is 0.944 bits per heavy atom. The summed E-state index contributed by atoms with van der Waals surface area (Å²) in [7, 11) is 2.20. The van der Waals surface area contributed by atoms with Crippen LogP contribution in [0.4, 0.5) is 0 Å². The lowest BCUT2D eigenvalue weighted by Crippen LogP contribution is -2.23. The van der Waals surface area contributed by atoms with Gasteiger partial charge in [0.2, 0.25) is 0 Å². The highest BCUT2D eigenvalue weighted by Crippen LogP contribution is 2.07. The molecule has 0 amide bonds. The molecule has 1 aromatic carbocycles. The van der Waals surface area contributed by atoms with Crippen LogP contribution in [0.5, 0.6) is 0 Å². The van der Waals surface area contributed by atoms with Gasteiger partial charge in [-0.3, -0.25) is 0 Å². The Balaban J connectivity index is 2.25. The van der Waals surface area contributed by atoms with Crippen molar-refractivity contribution in [2.24, 2.45) is 5.73 Å². The van der Waals surface area contributed by atoms with Crippen molar-refractivity contribution < 1.29 is 0 Å². The molecule has 0 saturated heterocycles. The SMILES string of the molecule is CCCc1ccc(CCN(C)CCCCN)cc1. The summed E-state index contributed by atoms with van der Waals surface area (Å²) in [6.45, 7) is 5.33. The normalized spacial score (nSPS) is 11.1. The molecule has 2 heteroatoms. The summed E-state index contributed by atoms with van der Waals surface area (Å²) < 4.78 is 0. The fourth-order valence-electron chi connectivity index (χ4n) is 2.12. The first-order valence-corrected chi connectivity index (χ1v) is 7.22. The van der Waals surface area contributed by atoms with E-state index in [4.69, 9.17) is 5.73 Å². The number of aryl methyl sites for hydroxylation is 1. The zero-order chi connectivity index (χ0) is 13.2. The highest BCUT2D eigenvalue weighted by Gasteiger charge is 1.99. The van der Waals surface area contributed by atoms with E-state index in [2.05, 4.69) is 43.1 Å². The van der Waals surface area contributed by atoms with Crippen LogP contribution < -0.4 is 5.73 Å². The molecule has 0 aliphatic carbocycles. The van der Waals surface area contributed by atoms with E-state index in [1.807, 2.05) is 0 Å². The molecule has 1 aromatic rings. The number of nitrogens with two attached hydrogens (primary N) is 1. The number of unbranched alkanes of at least 4 members (excludes halogenated alkanes) is 1. The van der Waals surface area contributed by atoms with Gasteiger partial charge in [0.15, 0.2) is 0 Å². The topological polar surface area (TPSA) is 29.3 Å². The molecule has 0 fully saturated rings. The first-order valence-electron chi connectivity index (χ1n) is 7.22. The summed E-state index contributed by atoms with van der Waals surface area (Å²) in [5.74, 6) is 0. The van der Waals surface area contributed by atoms with E-state index in [-0.39, 0.29) is 0 Å². The Bertz CT molecular complexity index is 305. The van der Waals surface area contributed by atoms with Gasteiger partial charge in [-0.05, 0) is 56.9 Å². The molecule has 0 spiro atoms. The number of hydrogen-bond donors (Lipinski definition) is 1. The Labute approximate surface area is 112 Å². The van der Waals surface area contributed by atoms with E-state index in [0.717, 1.165) is 32.5 Å². The van der Waals surface area contributed by atoms with Crippen molar-refractivity contribution in [3.05, 3.63) is 35.4 Å². The van der Waals surface area contributed by atoms with Gasteiger partial charge in [0, 0.05) is 6.54 Å². The monoisotopic (exact) mass is 248 g/mol. The molecular weight excluding hydrogens is 220 g/mol. The van der Waals surface area contributed by atoms with Gasteiger partial charge >= 0.3 is 0 Å². The van der Waals surface area contributed by atoms with Crippen LogP contribution in [0.3, 0.4) is 0 Å². The second kappa shape index (κ2) is 9.12.